The first kappa shape index (κ1) is 11.9. The predicted molar refractivity (Wildman–Crippen MR) is 63.3 cm³/mol. The molecule has 0 unspecified atom stereocenters. The summed E-state index contributed by atoms with van der Waals surface area (Å²) < 4.78 is 1.51. The van der Waals surface area contributed by atoms with Gasteiger partial charge in [0, 0.05) is 12.7 Å². The van der Waals surface area contributed by atoms with Crippen molar-refractivity contribution in [3.05, 3.63) is 34.2 Å². The predicted octanol–water partition coefficient (Wildman–Crippen LogP) is 0.546. The average molecular weight is 236 g/mol. The second-order valence-electron chi connectivity index (χ2n) is 4.38. The lowest BCUT2D eigenvalue weighted by Crippen LogP contribution is -2.33. The molecule has 2 rings (SSSR count). The first-order valence-electron chi connectivity index (χ1n) is 5.82. The van der Waals surface area contributed by atoms with Gasteiger partial charge in [0.05, 0.1) is 0 Å². The molecule has 17 heavy (non-hydrogen) atoms. The van der Waals surface area contributed by atoms with Gasteiger partial charge in [0.1, 0.15) is 5.56 Å². The second-order valence-corrected chi connectivity index (χ2v) is 4.38. The molecule has 2 heterocycles. The molecule has 0 saturated carbocycles. The number of nitrogens with zero attached hydrogens (tertiary/aromatic N) is 1. The molecule has 1 aliphatic rings. The summed E-state index contributed by atoms with van der Waals surface area (Å²) in [6, 6.07) is 2.97. The molecule has 0 spiro atoms. The van der Waals surface area contributed by atoms with Crippen molar-refractivity contribution in [2.24, 2.45) is 5.92 Å². The minimum Gasteiger partial charge on any atom is -0.477 e. The Morgan fingerprint density at radius 2 is 2.18 bits per heavy atom. The standard InChI is InChI=1S/C12H16N2O3/c15-11-10(12(16)17)2-1-7-14(11)8-9-3-5-13-6-4-9/h1-2,7,9,13H,3-6,8H2,(H,16,17). The molecule has 0 atom stereocenters. The first-order chi connectivity index (χ1) is 8.18. The van der Waals surface area contributed by atoms with Crippen LogP contribution in [0.3, 0.4) is 0 Å². The Kier molecular flexibility index (Phi) is 3.58. The molecule has 1 fully saturated rings. The maximum atomic E-state index is 11.9. The molecule has 0 aromatic carbocycles. The number of hydrogen-bond donors (Lipinski definition) is 2. The quantitative estimate of drug-likeness (QED) is 0.803. The van der Waals surface area contributed by atoms with E-state index in [1.165, 1.54) is 10.6 Å². The van der Waals surface area contributed by atoms with Gasteiger partial charge in [-0.25, -0.2) is 4.79 Å². The Morgan fingerprint density at radius 3 is 2.82 bits per heavy atom. The highest BCUT2D eigenvalue weighted by atomic mass is 16.4. The number of rotatable bonds is 3. The highest BCUT2D eigenvalue weighted by Crippen LogP contribution is 2.13. The molecular weight excluding hydrogens is 220 g/mol. The SMILES string of the molecule is O=C(O)c1cccn(CC2CCNCC2)c1=O. The normalized spacial score (nSPS) is 16.9. The van der Waals surface area contributed by atoms with E-state index in [0.717, 1.165) is 25.9 Å². The zero-order valence-electron chi connectivity index (χ0n) is 9.56. The lowest BCUT2D eigenvalue weighted by molar-refractivity contribution is 0.0694. The summed E-state index contributed by atoms with van der Waals surface area (Å²) in [4.78, 5) is 22.7. The number of carboxylic acids is 1. The number of aromatic carboxylic acids is 1. The molecule has 1 aliphatic heterocycles. The zero-order chi connectivity index (χ0) is 12.3. The van der Waals surface area contributed by atoms with Crippen molar-refractivity contribution in [2.45, 2.75) is 19.4 Å². The van der Waals surface area contributed by atoms with Crippen molar-refractivity contribution in [1.29, 1.82) is 0 Å². The van der Waals surface area contributed by atoms with E-state index in [4.69, 9.17) is 5.11 Å². The van der Waals surface area contributed by atoms with E-state index in [0.29, 0.717) is 12.5 Å². The van der Waals surface area contributed by atoms with Crippen LogP contribution >= 0.6 is 0 Å². The molecule has 0 bridgehead atoms. The van der Waals surface area contributed by atoms with Gasteiger partial charge < -0.3 is 15.0 Å². The Hall–Kier alpha value is -1.62. The van der Waals surface area contributed by atoms with Gasteiger partial charge in [-0.05, 0) is 44.0 Å². The van der Waals surface area contributed by atoms with Crippen LogP contribution in [0.1, 0.15) is 23.2 Å². The van der Waals surface area contributed by atoms with Crippen LogP contribution in [0.4, 0.5) is 0 Å². The molecule has 5 heteroatoms. The van der Waals surface area contributed by atoms with Crippen LogP contribution in [-0.4, -0.2) is 28.7 Å². The van der Waals surface area contributed by atoms with Crippen molar-refractivity contribution in [1.82, 2.24) is 9.88 Å². The summed E-state index contributed by atoms with van der Waals surface area (Å²) in [5.41, 5.74) is -0.556. The van der Waals surface area contributed by atoms with Crippen molar-refractivity contribution < 1.29 is 9.90 Å². The fourth-order valence-corrected chi connectivity index (χ4v) is 2.19. The Morgan fingerprint density at radius 1 is 1.47 bits per heavy atom. The van der Waals surface area contributed by atoms with Crippen molar-refractivity contribution >= 4 is 5.97 Å². The number of piperidine rings is 1. The number of nitrogens with one attached hydrogen (secondary N) is 1. The third kappa shape index (κ3) is 2.74. The van der Waals surface area contributed by atoms with Gasteiger partial charge in [0.25, 0.3) is 5.56 Å². The number of carboxylic acid groups (broad SMARTS) is 1. The Labute approximate surface area is 99.1 Å². The summed E-state index contributed by atoms with van der Waals surface area (Å²) >= 11 is 0. The maximum absolute atomic E-state index is 11.9. The third-order valence-corrected chi connectivity index (χ3v) is 3.16. The van der Waals surface area contributed by atoms with Crippen LogP contribution in [0.25, 0.3) is 0 Å². The van der Waals surface area contributed by atoms with E-state index in [-0.39, 0.29) is 5.56 Å². The van der Waals surface area contributed by atoms with Crippen LogP contribution in [0.15, 0.2) is 23.1 Å². The van der Waals surface area contributed by atoms with Gasteiger partial charge in [-0.1, -0.05) is 0 Å². The molecule has 1 saturated heterocycles. The van der Waals surface area contributed by atoms with Crippen molar-refractivity contribution in [3.8, 4) is 0 Å². The smallest absolute Gasteiger partial charge is 0.341 e. The molecule has 1 aromatic heterocycles. The number of aromatic nitrogens is 1. The summed E-state index contributed by atoms with van der Waals surface area (Å²) in [5.74, 6) is -0.701. The fraction of sp³-hybridized carbons (Fsp3) is 0.500. The van der Waals surface area contributed by atoms with E-state index in [1.807, 2.05) is 0 Å². The van der Waals surface area contributed by atoms with Gasteiger partial charge >= 0.3 is 5.97 Å². The van der Waals surface area contributed by atoms with Crippen molar-refractivity contribution in [3.63, 3.8) is 0 Å². The van der Waals surface area contributed by atoms with E-state index in [1.54, 1.807) is 12.3 Å². The maximum Gasteiger partial charge on any atom is 0.341 e. The van der Waals surface area contributed by atoms with Crippen LogP contribution in [0.2, 0.25) is 0 Å². The highest BCUT2D eigenvalue weighted by molar-refractivity contribution is 5.86. The minimum absolute atomic E-state index is 0.151. The van der Waals surface area contributed by atoms with E-state index in [2.05, 4.69) is 5.32 Å². The summed E-state index contributed by atoms with van der Waals surface area (Å²) in [6.45, 7) is 2.55. The van der Waals surface area contributed by atoms with E-state index < -0.39 is 11.5 Å². The summed E-state index contributed by atoms with van der Waals surface area (Å²) in [5, 5.41) is 12.1. The van der Waals surface area contributed by atoms with Gasteiger partial charge in [-0.3, -0.25) is 4.79 Å². The zero-order valence-corrected chi connectivity index (χ0v) is 9.56. The molecular formula is C12H16N2O3. The second kappa shape index (κ2) is 5.14. The van der Waals surface area contributed by atoms with Crippen LogP contribution in [-0.2, 0) is 6.54 Å². The summed E-state index contributed by atoms with van der Waals surface area (Å²) in [6.07, 6.45) is 3.73. The monoisotopic (exact) mass is 236 g/mol. The van der Waals surface area contributed by atoms with E-state index >= 15 is 0 Å². The summed E-state index contributed by atoms with van der Waals surface area (Å²) in [7, 11) is 0. The van der Waals surface area contributed by atoms with Crippen LogP contribution in [0.5, 0.6) is 0 Å². The number of carbonyl (C=O) groups is 1. The molecule has 2 N–H and O–H groups in total. The fourth-order valence-electron chi connectivity index (χ4n) is 2.19. The Bertz CT molecular complexity index is 461. The molecule has 1 aromatic rings. The van der Waals surface area contributed by atoms with Crippen molar-refractivity contribution in [2.75, 3.05) is 13.1 Å². The lowest BCUT2D eigenvalue weighted by Gasteiger charge is -2.23. The molecule has 0 amide bonds. The van der Waals surface area contributed by atoms with Crippen LogP contribution < -0.4 is 10.9 Å². The number of pyridine rings is 1. The van der Waals surface area contributed by atoms with Gasteiger partial charge in [-0.2, -0.15) is 0 Å². The number of hydrogen-bond acceptors (Lipinski definition) is 3. The molecule has 0 aliphatic carbocycles. The minimum atomic E-state index is -1.16. The largest absolute Gasteiger partial charge is 0.477 e. The molecule has 5 nitrogen and oxygen atoms in total. The van der Waals surface area contributed by atoms with Gasteiger partial charge in [0.15, 0.2) is 0 Å². The third-order valence-electron chi connectivity index (χ3n) is 3.16. The van der Waals surface area contributed by atoms with Gasteiger partial charge in [-0.15, -0.1) is 0 Å². The van der Waals surface area contributed by atoms with Crippen LogP contribution in [0, 0.1) is 5.92 Å². The first-order valence-corrected chi connectivity index (χ1v) is 5.82. The average Bonchev–Trinajstić information content (AvgIpc) is 2.33. The topological polar surface area (TPSA) is 71.3 Å². The molecule has 92 valence electrons. The lowest BCUT2D eigenvalue weighted by atomic mass is 9.98. The Balaban J connectivity index is 2.18. The highest BCUT2D eigenvalue weighted by Gasteiger charge is 2.16. The van der Waals surface area contributed by atoms with Gasteiger partial charge in [0.2, 0.25) is 0 Å². The van der Waals surface area contributed by atoms with E-state index in [9.17, 15) is 9.59 Å². The molecule has 0 radical (unpaired) electrons.